The Balaban J connectivity index is 1.60. The van der Waals surface area contributed by atoms with Crippen LogP contribution in [0.2, 0.25) is 0 Å². The summed E-state index contributed by atoms with van der Waals surface area (Å²) in [6, 6.07) is 10.4. The zero-order chi connectivity index (χ0) is 19.4. The van der Waals surface area contributed by atoms with Crippen LogP contribution in [0.4, 0.5) is 8.78 Å². The molecule has 140 valence electrons. The molecular formula is C19H16F2N2O3S. The van der Waals surface area contributed by atoms with Crippen LogP contribution in [-0.4, -0.2) is 21.2 Å². The fourth-order valence-electron chi connectivity index (χ4n) is 2.31. The Bertz CT molecular complexity index is 962. The van der Waals surface area contributed by atoms with E-state index >= 15 is 0 Å². The number of hydrogen-bond donors (Lipinski definition) is 0. The SMILES string of the molecule is Cc1cccc(OCc2nnc(SC(C)C(=O)c3ccc(F)cc3F)o2)c1. The van der Waals surface area contributed by atoms with E-state index in [1.54, 1.807) is 6.92 Å². The van der Waals surface area contributed by atoms with Gasteiger partial charge < -0.3 is 9.15 Å². The number of ether oxygens (including phenoxy) is 1. The largest absolute Gasteiger partial charge is 0.484 e. The monoisotopic (exact) mass is 390 g/mol. The van der Waals surface area contributed by atoms with E-state index in [9.17, 15) is 13.6 Å². The quantitative estimate of drug-likeness (QED) is 0.434. The summed E-state index contributed by atoms with van der Waals surface area (Å²) in [6.45, 7) is 3.63. The van der Waals surface area contributed by atoms with Crippen LogP contribution in [0, 0.1) is 18.6 Å². The molecule has 8 heteroatoms. The van der Waals surface area contributed by atoms with Gasteiger partial charge in [-0.25, -0.2) is 8.78 Å². The van der Waals surface area contributed by atoms with Crippen LogP contribution in [0.25, 0.3) is 0 Å². The Kier molecular flexibility index (Phi) is 5.85. The first-order valence-electron chi connectivity index (χ1n) is 8.10. The van der Waals surface area contributed by atoms with Crippen LogP contribution >= 0.6 is 11.8 Å². The highest BCUT2D eigenvalue weighted by Crippen LogP contribution is 2.26. The van der Waals surface area contributed by atoms with Crippen LogP contribution in [0.5, 0.6) is 5.75 Å². The molecule has 0 saturated heterocycles. The number of aromatic nitrogens is 2. The number of aryl methyl sites for hydroxylation is 1. The second kappa shape index (κ2) is 8.30. The molecular weight excluding hydrogens is 374 g/mol. The van der Waals surface area contributed by atoms with E-state index in [0.29, 0.717) is 11.8 Å². The summed E-state index contributed by atoms with van der Waals surface area (Å²) in [5.41, 5.74) is 0.883. The van der Waals surface area contributed by atoms with Gasteiger partial charge in [0.1, 0.15) is 17.4 Å². The first-order valence-corrected chi connectivity index (χ1v) is 8.98. The minimum absolute atomic E-state index is 0.0892. The van der Waals surface area contributed by atoms with E-state index in [0.717, 1.165) is 29.5 Å². The van der Waals surface area contributed by atoms with E-state index in [1.807, 2.05) is 31.2 Å². The lowest BCUT2D eigenvalue weighted by atomic mass is 10.1. The van der Waals surface area contributed by atoms with Gasteiger partial charge >= 0.3 is 0 Å². The number of Topliss-reactive ketones (excluding diaryl/α,β-unsaturated/α-hetero) is 1. The molecule has 2 aromatic carbocycles. The van der Waals surface area contributed by atoms with Crippen LogP contribution in [0.15, 0.2) is 52.1 Å². The molecule has 1 atom stereocenters. The average molecular weight is 390 g/mol. The van der Waals surface area contributed by atoms with Crippen LogP contribution in [0.1, 0.15) is 28.7 Å². The molecule has 0 aliphatic carbocycles. The summed E-state index contributed by atoms with van der Waals surface area (Å²) >= 11 is 0.999. The summed E-state index contributed by atoms with van der Waals surface area (Å²) < 4.78 is 37.8. The highest BCUT2D eigenvalue weighted by molar-refractivity contribution is 8.00. The summed E-state index contributed by atoms with van der Waals surface area (Å²) in [7, 11) is 0. The number of hydrogen-bond acceptors (Lipinski definition) is 6. The van der Waals surface area contributed by atoms with Crippen molar-refractivity contribution in [3.05, 3.63) is 71.1 Å². The van der Waals surface area contributed by atoms with E-state index < -0.39 is 22.7 Å². The zero-order valence-electron chi connectivity index (χ0n) is 14.6. The lowest BCUT2D eigenvalue weighted by Gasteiger charge is -2.08. The first-order chi connectivity index (χ1) is 12.9. The molecule has 0 aliphatic rings. The molecule has 0 fully saturated rings. The van der Waals surface area contributed by atoms with Crippen molar-refractivity contribution < 1.29 is 22.7 Å². The zero-order valence-corrected chi connectivity index (χ0v) is 15.4. The minimum atomic E-state index is -0.898. The highest BCUT2D eigenvalue weighted by atomic mass is 32.2. The van der Waals surface area contributed by atoms with Gasteiger partial charge in [0, 0.05) is 6.07 Å². The van der Waals surface area contributed by atoms with Gasteiger partial charge in [-0.1, -0.05) is 23.9 Å². The molecule has 3 aromatic rings. The van der Waals surface area contributed by atoms with Gasteiger partial charge in [-0.05, 0) is 43.7 Å². The molecule has 0 aliphatic heterocycles. The molecule has 1 aromatic heterocycles. The van der Waals surface area contributed by atoms with Crippen molar-refractivity contribution in [2.45, 2.75) is 30.9 Å². The Morgan fingerprint density at radius 1 is 1.22 bits per heavy atom. The molecule has 27 heavy (non-hydrogen) atoms. The molecule has 5 nitrogen and oxygen atoms in total. The molecule has 0 spiro atoms. The van der Waals surface area contributed by atoms with Gasteiger partial charge in [0.05, 0.1) is 10.8 Å². The molecule has 0 bridgehead atoms. The molecule has 0 N–H and O–H groups in total. The molecule has 3 rings (SSSR count). The van der Waals surface area contributed by atoms with E-state index in [2.05, 4.69) is 10.2 Å². The predicted octanol–water partition coefficient (Wildman–Crippen LogP) is 4.60. The molecule has 0 amide bonds. The molecule has 0 saturated carbocycles. The smallest absolute Gasteiger partial charge is 0.277 e. The van der Waals surface area contributed by atoms with Crippen molar-refractivity contribution >= 4 is 17.5 Å². The fourth-order valence-corrected chi connectivity index (χ4v) is 3.08. The third-order valence-corrected chi connectivity index (χ3v) is 4.58. The number of carbonyl (C=O) groups excluding carboxylic acids is 1. The number of halogens is 2. The maximum absolute atomic E-state index is 13.8. The highest BCUT2D eigenvalue weighted by Gasteiger charge is 2.22. The normalized spacial score (nSPS) is 12.0. The first kappa shape index (κ1) is 19.0. The number of nitrogens with zero attached hydrogens (tertiary/aromatic N) is 2. The Labute approximate surface area is 158 Å². The van der Waals surface area contributed by atoms with Gasteiger partial charge in [-0.15, -0.1) is 10.2 Å². The maximum Gasteiger partial charge on any atom is 0.277 e. The van der Waals surface area contributed by atoms with Crippen molar-refractivity contribution in [2.75, 3.05) is 0 Å². The Morgan fingerprint density at radius 2 is 2.04 bits per heavy atom. The average Bonchev–Trinajstić information content (AvgIpc) is 3.07. The van der Waals surface area contributed by atoms with Gasteiger partial charge in [-0.3, -0.25) is 4.79 Å². The standard InChI is InChI=1S/C19H16F2N2O3S/c1-11-4-3-5-14(8-11)25-10-17-22-23-19(26-17)27-12(2)18(24)15-7-6-13(20)9-16(15)21/h3-9,12H,10H2,1-2H3. The minimum Gasteiger partial charge on any atom is -0.484 e. The fraction of sp³-hybridized carbons (Fsp3) is 0.211. The third kappa shape index (κ3) is 4.91. The van der Waals surface area contributed by atoms with E-state index in [-0.39, 0.29) is 23.3 Å². The van der Waals surface area contributed by atoms with Crippen molar-refractivity contribution in [2.24, 2.45) is 0 Å². The topological polar surface area (TPSA) is 65.2 Å². The molecule has 1 unspecified atom stereocenters. The van der Waals surface area contributed by atoms with Crippen LogP contribution in [-0.2, 0) is 6.61 Å². The van der Waals surface area contributed by atoms with Gasteiger partial charge in [0.2, 0.25) is 0 Å². The maximum atomic E-state index is 13.8. The Hall–Kier alpha value is -2.74. The number of benzene rings is 2. The summed E-state index contributed by atoms with van der Waals surface area (Å²) in [5, 5.41) is 7.21. The Morgan fingerprint density at radius 3 is 2.78 bits per heavy atom. The lowest BCUT2D eigenvalue weighted by molar-refractivity contribution is 0.0989. The van der Waals surface area contributed by atoms with E-state index in [1.165, 1.54) is 0 Å². The van der Waals surface area contributed by atoms with Gasteiger partial charge in [0.15, 0.2) is 12.4 Å². The number of thioether (sulfide) groups is 1. The second-order valence-corrected chi connectivity index (χ2v) is 7.11. The predicted molar refractivity (Wildman–Crippen MR) is 95.8 cm³/mol. The second-order valence-electron chi connectivity index (χ2n) is 5.82. The molecule has 1 heterocycles. The van der Waals surface area contributed by atoms with Crippen molar-refractivity contribution in [3.63, 3.8) is 0 Å². The van der Waals surface area contributed by atoms with Crippen molar-refractivity contribution in [1.82, 2.24) is 10.2 Å². The number of rotatable bonds is 7. The summed E-state index contributed by atoms with van der Waals surface area (Å²) in [5.74, 6) is -1.19. The van der Waals surface area contributed by atoms with Gasteiger partial charge in [-0.2, -0.15) is 0 Å². The summed E-state index contributed by atoms with van der Waals surface area (Å²) in [6.07, 6.45) is 0. The molecule has 0 radical (unpaired) electrons. The van der Waals surface area contributed by atoms with E-state index in [4.69, 9.17) is 9.15 Å². The van der Waals surface area contributed by atoms with Crippen molar-refractivity contribution in [3.8, 4) is 5.75 Å². The van der Waals surface area contributed by atoms with Gasteiger partial charge in [0.25, 0.3) is 11.1 Å². The number of carbonyl (C=O) groups is 1. The number of ketones is 1. The lowest BCUT2D eigenvalue weighted by Crippen LogP contribution is -2.15. The van der Waals surface area contributed by atoms with Crippen LogP contribution < -0.4 is 4.74 Å². The summed E-state index contributed by atoms with van der Waals surface area (Å²) in [4.78, 5) is 12.3. The van der Waals surface area contributed by atoms with Crippen LogP contribution in [0.3, 0.4) is 0 Å². The third-order valence-electron chi connectivity index (χ3n) is 3.64. The van der Waals surface area contributed by atoms with Crippen molar-refractivity contribution in [1.29, 1.82) is 0 Å².